The SMILES string of the molecule is Cc1cc(C)n(CC(C)CNC(=O)c2cncc(-c3ccc(N(C)C)cc3)c2)n1. The monoisotopic (exact) mass is 391 g/mol. The largest absolute Gasteiger partial charge is 0.378 e. The molecule has 6 heteroatoms. The smallest absolute Gasteiger partial charge is 0.252 e. The van der Waals surface area contributed by atoms with Crippen LogP contribution >= 0.6 is 0 Å². The molecule has 0 spiro atoms. The zero-order chi connectivity index (χ0) is 21.0. The Kier molecular flexibility index (Phi) is 6.32. The topological polar surface area (TPSA) is 63.1 Å². The minimum absolute atomic E-state index is 0.107. The molecule has 0 saturated carbocycles. The van der Waals surface area contributed by atoms with Crippen LogP contribution in [0, 0.1) is 19.8 Å². The van der Waals surface area contributed by atoms with E-state index in [1.807, 2.05) is 50.8 Å². The molecule has 0 fully saturated rings. The highest BCUT2D eigenvalue weighted by Gasteiger charge is 2.12. The minimum Gasteiger partial charge on any atom is -0.378 e. The number of rotatable bonds is 7. The molecule has 1 amide bonds. The molecule has 0 radical (unpaired) electrons. The van der Waals surface area contributed by atoms with Gasteiger partial charge in [0.1, 0.15) is 0 Å². The maximum absolute atomic E-state index is 12.6. The van der Waals surface area contributed by atoms with Crippen LogP contribution in [0.2, 0.25) is 0 Å². The Morgan fingerprint density at radius 3 is 2.45 bits per heavy atom. The molecule has 0 bridgehead atoms. The Hall–Kier alpha value is -3.15. The molecule has 1 aromatic carbocycles. The fourth-order valence-corrected chi connectivity index (χ4v) is 3.26. The maximum atomic E-state index is 12.6. The van der Waals surface area contributed by atoms with E-state index < -0.39 is 0 Å². The van der Waals surface area contributed by atoms with Crippen LogP contribution in [0.3, 0.4) is 0 Å². The Labute approximate surface area is 172 Å². The van der Waals surface area contributed by atoms with Gasteiger partial charge in [-0.2, -0.15) is 5.10 Å². The molecule has 1 unspecified atom stereocenters. The summed E-state index contributed by atoms with van der Waals surface area (Å²) in [4.78, 5) is 18.9. The number of amides is 1. The number of hydrogen-bond acceptors (Lipinski definition) is 4. The number of aryl methyl sites for hydroxylation is 2. The Morgan fingerprint density at radius 2 is 1.83 bits per heavy atom. The number of hydrogen-bond donors (Lipinski definition) is 1. The van der Waals surface area contributed by atoms with Crippen molar-refractivity contribution in [2.45, 2.75) is 27.3 Å². The summed E-state index contributed by atoms with van der Waals surface area (Å²) in [5, 5.41) is 7.51. The van der Waals surface area contributed by atoms with E-state index in [4.69, 9.17) is 0 Å². The van der Waals surface area contributed by atoms with Gasteiger partial charge in [0.25, 0.3) is 5.91 Å². The summed E-state index contributed by atoms with van der Waals surface area (Å²) in [6.07, 6.45) is 3.39. The number of nitrogens with one attached hydrogen (secondary N) is 1. The summed E-state index contributed by atoms with van der Waals surface area (Å²) in [6.45, 7) is 7.50. The fraction of sp³-hybridized carbons (Fsp3) is 0.348. The van der Waals surface area contributed by atoms with Gasteiger partial charge in [-0.3, -0.25) is 14.5 Å². The second-order valence-electron chi connectivity index (χ2n) is 7.83. The van der Waals surface area contributed by atoms with Crippen LogP contribution in [0.1, 0.15) is 28.7 Å². The van der Waals surface area contributed by atoms with E-state index in [0.29, 0.717) is 12.1 Å². The summed E-state index contributed by atoms with van der Waals surface area (Å²) in [6, 6.07) is 12.2. The molecule has 2 heterocycles. The summed E-state index contributed by atoms with van der Waals surface area (Å²) in [5.74, 6) is 0.163. The molecule has 152 valence electrons. The number of aromatic nitrogens is 3. The zero-order valence-electron chi connectivity index (χ0n) is 17.8. The summed E-state index contributed by atoms with van der Waals surface area (Å²) >= 11 is 0. The predicted octanol–water partition coefficient (Wildman–Crippen LogP) is 3.69. The lowest BCUT2D eigenvalue weighted by Crippen LogP contribution is -2.30. The molecular weight excluding hydrogens is 362 g/mol. The first-order chi connectivity index (χ1) is 13.8. The number of carbonyl (C=O) groups is 1. The number of benzene rings is 1. The van der Waals surface area contributed by atoms with Gasteiger partial charge >= 0.3 is 0 Å². The highest BCUT2D eigenvalue weighted by atomic mass is 16.1. The van der Waals surface area contributed by atoms with Crippen LogP contribution in [-0.4, -0.2) is 41.3 Å². The minimum atomic E-state index is -0.107. The predicted molar refractivity (Wildman–Crippen MR) is 117 cm³/mol. The second-order valence-corrected chi connectivity index (χ2v) is 7.83. The van der Waals surface area contributed by atoms with Crippen LogP contribution in [0.4, 0.5) is 5.69 Å². The van der Waals surface area contributed by atoms with Gasteiger partial charge < -0.3 is 10.2 Å². The van der Waals surface area contributed by atoms with Crippen molar-refractivity contribution in [2.24, 2.45) is 5.92 Å². The Morgan fingerprint density at radius 1 is 1.10 bits per heavy atom. The van der Waals surface area contributed by atoms with E-state index in [2.05, 4.69) is 45.4 Å². The van der Waals surface area contributed by atoms with E-state index in [9.17, 15) is 4.79 Å². The third-order valence-corrected chi connectivity index (χ3v) is 4.92. The van der Waals surface area contributed by atoms with Crippen molar-refractivity contribution < 1.29 is 4.79 Å². The lowest BCUT2D eigenvalue weighted by atomic mass is 10.1. The Bertz CT molecular complexity index is 975. The lowest BCUT2D eigenvalue weighted by molar-refractivity contribution is 0.0946. The van der Waals surface area contributed by atoms with Gasteiger partial charge in [0.2, 0.25) is 0 Å². The van der Waals surface area contributed by atoms with Crippen molar-refractivity contribution in [3.8, 4) is 11.1 Å². The Balaban J connectivity index is 1.62. The highest BCUT2D eigenvalue weighted by molar-refractivity contribution is 5.95. The van der Waals surface area contributed by atoms with Crippen molar-refractivity contribution in [3.63, 3.8) is 0 Å². The fourth-order valence-electron chi connectivity index (χ4n) is 3.26. The molecule has 1 N–H and O–H groups in total. The van der Waals surface area contributed by atoms with Crippen LogP contribution < -0.4 is 10.2 Å². The van der Waals surface area contributed by atoms with Gasteiger partial charge in [-0.05, 0) is 49.6 Å². The number of nitrogens with zero attached hydrogens (tertiary/aromatic N) is 4. The number of carbonyl (C=O) groups excluding carboxylic acids is 1. The first kappa shape index (κ1) is 20.6. The van der Waals surface area contributed by atoms with E-state index in [1.54, 1.807) is 12.4 Å². The van der Waals surface area contributed by atoms with Gasteiger partial charge in [-0.1, -0.05) is 19.1 Å². The summed E-state index contributed by atoms with van der Waals surface area (Å²) in [5.41, 5.74) is 5.82. The summed E-state index contributed by atoms with van der Waals surface area (Å²) in [7, 11) is 4.02. The van der Waals surface area contributed by atoms with Crippen molar-refractivity contribution in [1.82, 2.24) is 20.1 Å². The molecule has 3 rings (SSSR count). The molecule has 0 aliphatic carbocycles. The van der Waals surface area contributed by atoms with Gasteiger partial charge in [0.15, 0.2) is 0 Å². The van der Waals surface area contributed by atoms with E-state index >= 15 is 0 Å². The van der Waals surface area contributed by atoms with E-state index in [-0.39, 0.29) is 11.8 Å². The van der Waals surface area contributed by atoms with Crippen LogP contribution in [0.5, 0.6) is 0 Å². The van der Waals surface area contributed by atoms with Crippen LogP contribution in [0.15, 0.2) is 48.8 Å². The molecule has 2 aromatic heterocycles. The molecule has 0 aliphatic rings. The molecule has 0 aliphatic heterocycles. The van der Waals surface area contributed by atoms with Crippen molar-refractivity contribution in [2.75, 3.05) is 25.5 Å². The number of pyridine rings is 1. The van der Waals surface area contributed by atoms with Gasteiger partial charge in [-0.15, -0.1) is 0 Å². The van der Waals surface area contributed by atoms with Crippen LogP contribution in [-0.2, 0) is 6.54 Å². The van der Waals surface area contributed by atoms with Crippen LogP contribution in [0.25, 0.3) is 11.1 Å². The first-order valence-electron chi connectivity index (χ1n) is 9.85. The zero-order valence-corrected chi connectivity index (χ0v) is 17.8. The summed E-state index contributed by atoms with van der Waals surface area (Å²) < 4.78 is 1.99. The molecule has 1 atom stereocenters. The molecule has 29 heavy (non-hydrogen) atoms. The molecular formula is C23H29N5O. The normalized spacial score (nSPS) is 11.9. The average Bonchev–Trinajstić information content (AvgIpc) is 3.03. The average molecular weight is 392 g/mol. The highest BCUT2D eigenvalue weighted by Crippen LogP contribution is 2.22. The molecule has 3 aromatic rings. The van der Waals surface area contributed by atoms with Gasteiger partial charge in [0.05, 0.1) is 11.3 Å². The third kappa shape index (κ3) is 5.22. The standard InChI is InChI=1S/C23H29N5O/c1-16(15-28-18(3)10-17(2)26-28)12-25-23(29)21-11-20(13-24-14-21)19-6-8-22(9-7-19)27(4)5/h6-11,13-14,16H,12,15H2,1-5H3,(H,25,29). The molecule has 6 nitrogen and oxygen atoms in total. The van der Waals surface area contributed by atoms with Gasteiger partial charge in [0, 0.05) is 56.5 Å². The van der Waals surface area contributed by atoms with Crippen molar-refractivity contribution in [1.29, 1.82) is 0 Å². The quantitative estimate of drug-likeness (QED) is 0.667. The lowest BCUT2D eigenvalue weighted by Gasteiger charge is -2.14. The van der Waals surface area contributed by atoms with Crippen molar-refractivity contribution in [3.05, 3.63) is 65.7 Å². The molecule has 0 saturated heterocycles. The van der Waals surface area contributed by atoms with E-state index in [0.717, 1.165) is 34.7 Å². The van der Waals surface area contributed by atoms with Gasteiger partial charge in [-0.25, -0.2) is 0 Å². The van der Waals surface area contributed by atoms with E-state index in [1.165, 1.54) is 0 Å². The number of anilines is 1. The third-order valence-electron chi connectivity index (χ3n) is 4.92. The second kappa shape index (κ2) is 8.90. The maximum Gasteiger partial charge on any atom is 0.252 e. The first-order valence-corrected chi connectivity index (χ1v) is 9.85. The van der Waals surface area contributed by atoms with Crippen molar-refractivity contribution >= 4 is 11.6 Å².